The lowest BCUT2D eigenvalue weighted by Crippen LogP contribution is -2.45. The summed E-state index contributed by atoms with van der Waals surface area (Å²) in [5.74, 6) is 3.21. The van der Waals surface area contributed by atoms with Crippen LogP contribution < -0.4 is 10.6 Å². The molecule has 4 nitrogen and oxygen atoms in total. The van der Waals surface area contributed by atoms with E-state index in [2.05, 4.69) is 43.3 Å². The Morgan fingerprint density at radius 2 is 2.17 bits per heavy atom. The lowest BCUT2D eigenvalue weighted by Gasteiger charge is -2.23. The summed E-state index contributed by atoms with van der Waals surface area (Å²) >= 11 is 1.80. The number of hydrogen-bond donors (Lipinski definition) is 3. The van der Waals surface area contributed by atoms with E-state index in [1.165, 1.54) is 0 Å². The Balaban J connectivity index is 2.54. The minimum Gasteiger partial charge on any atom is -0.387 e. The fourth-order valence-electron chi connectivity index (χ4n) is 1.65. The van der Waals surface area contributed by atoms with E-state index in [0.717, 1.165) is 30.4 Å². The third-order valence-corrected chi connectivity index (χ3v) is 4.56. The minimum atomic E-state index is -0.603. The molecule has 0 aliphatic carbocycles. The molecule has 1 fully saturated rings. The smallest absolute Gasteiger partial charge is 0.191 e. The lowest BCUT2D eigenvalue weighted by molar-refractivity contribution is 0.0778. The van der Waals surface area contributed by atoms with Gasteiger partial charge in [-0.1, -0.05) is 13.8 Å². The van der Waals surface area contributed by atoms with E-state index in [1.807, 2.05) is 0 Å². The van der Waals surface area contributed by atoms with E-state index in [1.54, 1.807) is 11.8 Å². The number of rotatable bonds is 5. The maximum atomic E-state index is 10.3. The second kappa shape index (κ2) is 7.24. The molecule has 0 saturated carbocycles. The van der Waals surface area contributed by atoms with Gasteiger partial charge in [-0.05, 0) is 31.9 Å². The third-order valence-electron chi connectivity index (χ3n) is 3.32. The van der Waals surface area contributed by atoms with Crippen LogP contribution in [-0.4, -0.2) is 47.3 Å². The lowest BCUT2D eigenvalue weighted by atomic mass is 10.0. The number of hydrogen-bond acceptors (Lipinski definition) is 3. The average molecular weight is 273 g/mol. The van der Waals surface area contributed by atoms with E-state index in [0.29, 0.717) is 18.5 Å². The molecule has 1 aliphatic rings. The highest BCUT2D eigenvalue weighted by molar-refractivity contribution is 7.99. The molecule has 0 aromatic carbocycles. The predicted octanol–water partition coefficient (Wildman–Crippen LogP) is 1.45. The van der Waals surface area contributed by atoms with Gasteiger partial charge in [-0.25, -0.2) is 0 Å². The maximum absolute atomic E-state index is 10.3. The van der Waals surface area contributed by atoms with Crippen LogP contribution in [0.2, 0.25) is 0 Å². The molecule has 0 amide bonds. The minimum absolute atomic E-state index is 0.371. The molecule has 3 N–H and O–H groups in total. The van der Waals surface area contributed by atoms with Gasteiger partial charge in [0.05, 0.1) is 12.1 Å². The summed E-state index contributed by atoms with van der Waals surface area (Å²) in [7, 11) is 0. The Labute approximate surface area is 115 Å². The molecule has 18 heavy (non-hydrogen) atoms. The van der Waals surface area contributed by atoms with E-state index in [9.17, 15) is 5.11 Å². The Hall–Kier alpha value is -0.420. The summed E-state index contributed by atoms with van der Waals surface area (Å²) in [6, 6.07) is 0.371. The highest BCUT2D eigenvalue weighted by atomic mass is 32.2. The maximum Gasteiger partial charge on any atom is 0.191 e. The second-order valence-electron chi connectivity index (χ2n) is 5.40. The quantitative estimate of drug-likeness (QED) is 0.524. The van der Waals surface area contributed by atoms with E-state index < -0.39 is 5.60 Å². The standard InChI is InChI=1S/C13H27N3OS/c1-5-14-12(16-11(4)10(2)3)15-8-13(17)6-7-18-9-13/h10-11,17H,5-9H2,1-4H3,(H2,14,15,16). The van der Waals surface area contributed by atoms with Crippen molar-refractivity contribution in [2.45, 2.75) is 45.8 Å². The molecular weight excluding hydrogens is 246 g/mol. The van der Waals surface area contributed by atoms with Crippen molar-refractivity contribution < 1.29 is 5.11 Å². The topological polar surface area (TPSA) is 56.7 Å². The van der Waals surface area contributed by atoms with E-state index >= 15 is 0 Å². The van der Waals surface area contributed by atoms with Gasteiger partial charge in [0.1, 0.15) is 0 Å². The highest BCUT2D eigenvalue weighted by Gasteiger charge is 2.31. The zero-order valence-corrected chi connectivity index (χ0v) is 12.8. The second-order valence-corrected chi connectivity index (χ2v) is 6.50. The molecule has 0 bridgehead atoms. The van der Waals surface area contributed by atoms with E-state index in [-0.39, 0.29) is 0 Å². The first-order valence-electron chi connectivity index (χ1n) is 6.82. The van der Waals surface area contributed by atoms with Gasteiger partial charge in [-0.2, -0.15) is 11.8 Å². The molecule has 0 aromatic rings. The predicted molar refractivity (Wildman–Crippen MR) is 80.3 cm³/mol. The van der Waals surface area contributed by atoms with Crippen molar-refractivity contribution in [3.05, 3.63) is 0 Å². The molecule has 106 valence electrons. The summed E-state index contributed by atoms with van der Waals surface area (Å²) in [5.41, 5.74) is -0.603. The molecule has 1 aliphatic heterocycles. The van der Waals surface area contributed by atoms with Crippen molar-refractivity contribution in [3.63, 3.8) is 0 Å². The monoisotopic (exact) mass is 273 g/mol. The van der Waals surface area contributed by atoms with Gasteiger partial charge < -0.3 is 15.7 Å². The summed E-state index contributed by atoms with van der Waals surface area (Å²) in [6.07, 6.45) is 0.848. The van der Waals surface area contributed by atoms with Gasteiger partial charge in [0.15, 0.2) is 5.96 Å². The largest absolute Gasteiger partial charge is 0.387 e. The number of aliphatic hydroxyl groups is 1. The van der Waals surface area contributed by atoms with Crippen molar-refractivity contribution in [3.8, 4) is 0 Å². The van der Waals surface area contributed by atoms with Crippen molar-refractivity contribution in [1.29, 1.82) is 0 Å². The molecule has 5 heteroatoms. The van der Waals surface area contributed by atoms with Gasteiger partial charge in [0.2, 0.25) is 0 Å². The Morgan fingerprint density at radius 1 is 1.44 bits per heavy atom. The molecule has 1 heterocycles. The van der Waals surface area contributed by atoms with Crippen LogP contribution in [0.1, 0.15) is 34.1 Å². The number of guanidine groups is 1. The van der Waals surface area contributed by atoms with Crippen LogP contribution in [0.15, 0.2) is 4.99 Å². The summed E-state index contributed by atoms with van der Waals surface area (Å²) in [4.78, 5) is 4.52. The molecule has 2 unspecified atom stereocenters. The molecule has 2 atom stereocenters. The Bertz CT molecular complexity index is 275. The van der Waals surface area contributed by atoms with Crippen molar-refractivity contribution >= 4 is 17.7 Å². The highest BCUT2D eigenvalue weighted by Crippen LogP contribution is 2.27. The molecule has 0 aromatic heterocycles. The average Bonchev–Trinajstić information content (AvgIpc) is 2.74. The van der Waals surface area contributed by atoms with Crippen LogP contribution in [0.25, 0.3) is 0 Å². The van der Waals surface area contributed by atoms with Gasteiger partial charge in [-0.3, -0.25) is 4.99 Å². The fraction of sp³-hybridized carbons (Fsp3) is 0.923. The van der Waals surface area contributed by atoms with Gasteiger partial charge in [0.25, 0.3) is 0 Å². The third kappa shape index (κ3) is 5.06. The molecule has 1 saturated heterocycles. The number of nitrogens with zero attached hydrogens (tertiary/aromatic N) is 1. The van der Waals surface area contributed by atoms with Crippen LogP contribution >= 0.6 is 11.8 Å². The van der Waals surface area contributed by atoms with E-state index in [4.69, 9.17) is 0 Å². The molecule has 0 spiro atoms. The van der Waals surface area contributed by atoms with Gasteiger partial charge >= 0.3 is 0 Å². The SMILES string of the molecule is CCNC(=NCC1(O)CCSC1)NC(C)C(C)C. The first kappa shape index (κ1) is 15.6. The van der Waals surface area contributed by atoms with Crippen molar-refractivity contribution in [1.82, 2.24) is 10.6 Å². The molecule has 0 radical (unpaired) electrons. The summed E-state index contributed by atoms with van der Waals surface area (Å²) in [5, 5.41) is 16.9. The zero-order chi connectivity index (χ0) is 13.6. The van der Waals surface area contributed by atoms with Gasteiger partial charge in [0, 0.05) is 18.3 Å². The number of nitrogens with one attached hydrogen (secondary N) is 2. The Morgan fingerprint density at radius 3 is 2.67 bits per heavy atom. The van der Waals surface area contributed by atoms with Crippen LogP contribution in [-0.2, 0) is 0 Å². The van der Waals surface area contributed by atoms with Crippen LogP contribution in [0, 0.1) is 5.92 Å². The fourth-order valence-corrected chi connectivity index (χ4v) is 2.93. The molecule has 1 rings (SSSR count). The summed E-state index contributed by atoms with van der Waals surface area (Å²) < 4.78 is 0. The summed E-state index contributed by atoms with van der Waals surface area (Å²) in [6.45, 7) is 9.89. The van der Waals surface area contributed by atoms with Crippen molar-refractivity contribution in [2.75, 3.05) is 24.6 Å². The normalized spacial score (nSPS) is 26.4. The number of aliphatic imine (C=N–C) groups is 1. The zero-order valence-electron chi connectivity index (χ0n) is 12.0. The first-order valence-corrected chi connectivity index (χ1v) is 7.97. The van der Waals surface area contributed by atoms with Crippen LogP contribution in [0.5, 0.6) is 0 Å². The van der Waals surface area contributed by atoms with Gasteiger partial charge in [-0.15, -0.1) is 0 Å². The van der Waals surface area contributed by atoms with Crippen LogP contribution in [0.3, 0.4) is 0 Å². The number of thioether (sulfide) groups is 1. The van der Waals surface area contributed by atoms with Crippen molar-refractivity contribution in [2.24, 2.45) is 10.9 Å². The molecular formula is C13H27N3OS. The first-order chi connectivity index (χ1) is 8.47. The Kier molecular flexibility index (Phi) is 6.29. The van der Waals surface area contributed by atoms with Crippen LogP contribution in [0.4, 0.5) is 0 Å².